The molecule has 0 aliphatic rings. The summed E-state index contributed by atoms with van der Waals surface area (Å²) < 4.78 is 0. The van der Waals surface area contributed by atoms with Crippen LogP contribution >= 0.6 is 0 Å². The number of fused-ring (bicyclic) bond motifs is 1. The van der Waals surface area contributed by atoms with Gasteiger partial charge in [-0.05, 0) is 35.2 Å². The molecule has 2 N–H and O–H groups in total. The Bertz CT molecular complexity index is 759. The Morgan fingerprint density at radius 1 is 1.10 bits per heavy atom. The van der Waals surface area contributed by atoms with Crippen LogP contribution in [0.3, 0.4) is 0 Å². The normalized spacial score (nSPS) is 10.7. The third-order valence-corrected chi connectivity index (χ3v) is 3.64. The minimum absolute atomic E-state index is 0.0137. The highest BCUT2D eigenvalue weighted by Crippen LogP contribution is 2.26. The third-order valence-electron chi connectivity index (χ3n) is 3.64. The molecule has 3 aromatic rings. The number of rotatable bonds is 4. The zero-order chi connectivity index (χ0) is 14.7. The molecule has 0 radical (unpaired) electrons. The molecular formula is C18H18N2O. The van der Waals surface area contributed by atoms with Gasteiger partial charge in [-0.1, -0.05) is 36.4 Å². The number of hydrogen-bond acceptors (Lipinski definition) is 1. The molecule has 1 aromatic heterocycles. The first-order valence-corrected chi connectivity index (χ1v) is 7.14. The highest BCUT2D eigenvalue weighted by molar-refractivity contribution is 5.88. The van der Waals surface area contributed by atoms with E-state index in [9.17, 15) is 4.79 Å². The fourth-order valence-corrected chi connectivity index (χ4v) is 2.57. The maximum atomic E-state index is 11.0. The highest BCUT2D eigenvalue weighted by Gasteiger charge is 2.06. The summed E-state index contributed by atoms with van der Waals surface area (Å²) >= 11 is 0. The average molecular weight is 278 g/mol. The Morgan fingerprint density at radius 2 is 1.90 bits per heavy atom. The summed E-state index contributed by atoms with van der Waals surface area (Å²) in [5, 5.41) is 4.07. The molecule has 3 nitrogen and oxygen atoms in total. The summed E-state index contributed by atoms with van der Waals surface area (Å²) in [5.41, 5.74) is 4.79. The van der Waals surface area contributed by atoms with Gasteiger partial charge in [0.15, 0.2) is 0 Å². The lowest BCUT2D eigenvalue weighted by atomic mass is 10.0. The predicted molar refractivity (Wildman–Crippen MR) is 86.1 cm³/mol. The van der Waals surface area contributed by atoms with Gasteiger partial charge in [0.2, 0.25) is 5.91 Å². The molecule has 21 heavy (non-hydrogen) atoms. The largest absolute Gasteiger partial charge is 0.361 e. The van der Waals surface area contributed by atoms with Crippen molar-refractivity contribution in [3.8, 4) is 11.1 Å². The Morgan fingerprint density at radius 3 is 2.67 bits per heavy atom. The number of aromatic amines is 1. The van der Waals surface area contributed by atoms with Gasteiger partial charge >= 0.3 is 0 Å². The maximum Gasteiger partial charge on any atom is 0.216 e. The monoisotopic (exact) mass is 278 g/mol. The smallest absolute Gasteiger partial charge is 0.216 e. The zero-order valence-corrected chi connectivity index (χ0v) is 12.0. The minimum atomic E-state index is 0.0137. The number of hydrogen-bond donors (Lipinski definition) is 2. The van der Waals surface area contributed by atoms with Gasteiger partial charge in [0.05, 0.1) is 0 Å². The second-order valence-electron chi connectivity index (χ2n) is 5.17. The van der Waals surface area contributed by atoms with Crippen LogP contribution in [0.2, 0.25) is 0 Å². The molecule has 0 fully saturated rings. The molecule has 0 atom stereocenters. The summed E-state index contributed by atoms with van der Waals surface area (Å²) in [6.07, 6.45) is 2.86. The maximum absolute atomic E-state index is 11.0. The summed E-state index contributed by atoms with van der Waals surface area (Å²) in [6, 6.07) is 16.8. The van der Waals surface area contributed by atoms with E-state index in [-0.39, 0.29) is 5.91 Å². The number of amides is 1. The van der Waals surface area contributed by atoms with E-state index in [1.54, 1.807) is 6.92 Å². The molecule has 0 bridgehead atoms. The Balaban J connectivity index is 1.91. The van der Waals surface area contributed by atoms with Crippen LogP contribution in [0.1, 0.15) is 12.5 Å². The Kier molecular flexibility index (Phi) is 3.73. The molecule has 1 heterocycles. The van der Waals surface area contributed by atoms with Gasteiger partial charge in [-0.2, -0.15) is 0 Å². The van der Waals surface area contributed by atoms with E-state index in [1.165, 1.54) is 22.1 Å². The molecule has 0 spiro atoms. The fourth-order valence-electron chi connectivity index (χ4n) is 2.57. The standard InChI is InChI=1S/C18H18N2O/c1-13(21)19-10-9-16-12-20-18-8-7-15(11-17(16)18)14-5-3-2-4-6-14/h2-8,11-12,20H,9-10H2,1H3,(H,19,21). The van der Waals surface area contributed by atoms with Crippen LogP contribution < -0.4 is 5.32 Å². The van der Waals surface area contributed by atoms with Crippen LogP contribution in [0, 0.1) is 0 Å². The first kappa shape index (κ1) is 13.4. The topological polar surface area (TPSA) is 44.9 Å². The van der Waals surface area contributed by atoms with Crippen molar-refractivity contribution in [2.24, 2.45) is 0 Å². The SMILES string of the molecule is CC(=O)NCCc1c[nH]c2ccc(-c3ccccc3)cc12. The van der Waals surface area contributed by atoms with Crippen molar-refractivity contribution in [2.75, 3.05) is 6.54 Å². The third kappa shape index (κ3) is 2.97. The van der Waals surface area contributed by atoms with Crippen molar-refractivity contribution >= 4 is 16.8 Å². The summed E-state index contributed by atoms with van der Waals surface area (Å²) in [5.74, 6) is 0.0137. The lowest BCUT2D eigenvalue weighted by Crippen LogP contribution is -2.22. The van der Waals surface area contributed by atoms with Gasteiger partial charge < -0.3 is 10.3 Å². The van der Waals surface area contributed by atoms with E-state index in [0.717, 1.165) is 11.9 Å². The molecule has 0 aliphatic heterocycles. The van der Waals surface area contributed by atoms with Gasteiger partial charge in [-0.15, -0.1) is 0 Å². The van der Waals surface area contributed by atoms with Gasteiger partial charge in [0, 0.05) is 30.6 Å². The summed E-state index contributed by atoms with van der Waals surface area (Å²) in [7, 11) is 0. The van der Waals surface area contributed by atoms with E-state index in [1.807, 2.05) is 24.4 Å². The lowest BCUT2D eigenvalue weighted by Gasteiger charge is -2.04. The number of carbonyl (C=O) groups excluding carboxylic acids is 1. The number of carbonyl (C=O) groups is 1. The van der Waals surface area contributed by atoms with E-state index >= 15 is 0 Å². The minimum Gasteiger partial charge on any atom is -0.361 e. The zero-order valence-electron chi connectivity index (χ0n) is 12.0. The van der Waals surface area contributed by atoms with Gasteiger partial charge in [-0.25, -0.2) is 0 Å². The van der Waals surface area contributed by atoms with E-state index in [2.05, 4.69) is 40.6 Å². The molecule has 3 rings (SSSR count). The molecule has 1 amide bonds. The van der Waals surface area contributed by atoms with Crippen LogP contribution in [0.4, 0.5) is 0 Å². The molecule has 106 valence electrons. The van der Waals surface area contributed by atoms with Crippen LogP contribution in [-0.2, 0) is 11.2 Å². The quantitative estimate of drug-likeness (QED) is 0.753. The molecule has 0 saturated heterocycles. The van der Waals surface area contributed by atoms with E-state index < -0.39 is 0 Å². The van der Waals surface area contributed by atoms with Crippen LogP contribution in [0.25, 0.3) is 22.0 Å². The van der Waals surface area contributed by atoms with Crippen LogP contribution in [0.5, 0.6) is 0 Å². The molecule has 0 aliphatic carbocycles. The van der Waals surface area contributed by atoms with Gasteiger partial charge in [0.25, 0.3) is 0 Å². The molecule has 2 aromatic carbocycles. The Labute approximate surface area is 124 Å². The molecule has 0 unspecified atom stereocenters. The van der Waals surface area contributed by atoms with Crippen LogP contribution in [0.15, 0.2) is 54.7 Å². The number of nitrogens with one attached hydrogen (secondary N) is 2. The van der Waals surface area contributed by atoms with Gasteiger partial charge in [0.1, 0.15) is 0 Å². The molecule has 0 saturated carbocycles. The van der Waals surface area contributed by atoms with E-state index in [4.69, 9.17) is 0 Å². The summed E-state index contributed by atoms with van der Waals surface area (Å²) in [6.45, 7) is 2.21. The first-order chi connectivity index (χ1) is 10.2. The molecular weight excluding hydrogens is 260 g/mol. The number of aromatic nitrogens is 1. The van der Waals surface area contributed by atoms with Crippen LogP contribution in [-0.4, -0.2) is 17.4 Å². The predicted octanol–water partition coefficient (Wildman–Crippen LogP) is 3.51. The first-order valence-electron chi connectivity index (χ1n) is 7.14. The lowest BCUT2D eigenvalue weighted by molar-refractivity contribution is -0.118. The van der Waals surface area contributed by atoms with Gasteiger partial charge in [-0.3, -0.25) is 4.79 Å². The van der Waals surface area contributed by atoms with Crippen molar-refractivity contribution in [3.63, 3.8) is 0 Å². The average Bonchev–Trinajstić information content (AvgIpc) is 2.90. The Hall–Kier alpha value is -2.55. The number of benzene rings is 2. The van der Waals surface area contributed by atoms with Crippen molar-refractivity contribution in [1.29, 1.82) is 0 Å². The highest BCUT2D eigenvalue weighted by atomic mass is 16.1. The summed E-state index contributed by atoms with van der Waals surface area (Å²) in [4.78, 5) is 14.2. The van der Waals surface area contributed by atoms with E-state index in [0.29, 0.717) is 6.54 Å². The van der Waals surface area contributed by atoms with Crippen molar-refractivity contribution < 1.29 is 4.79 Å². The molecule has 3 heteroatoms. The second kappa shape index (κ2) is 5.83. The fraction of sp³-hybridized carbons (Fsp3) is 0.167. The number of H-pyrrole nitrogens is 1. The van der Waals surface area contributed by atoms with Crippen molar-refractivity contribution in [1.82, 2.24) is 10.3 Å². The van der Waals surface area contributed by atoms with Crippen molar-refractivity contribution in [2.45, 2.75) is 13.3 Å². The second-order valence-corrected chi connectivity index (χ2v) is 5.17. The van der Waals surface area contributed by atoms with Crippen molar-refractivity contribution in [3.05, 3.63) is 60.3 Å².